The number of halogens is 4. The molecule has 5 atom stereocenters. The summed E-state index contributed by atoms with van der Waals surface area (Å²) in [6.07, 6.45) is 2.70. The van der Waals surface area contributed by atoms with Crippen LogP contribution >= 0.6 is 0 Å². The zero-order chi connectivity index (χ0) is 32.6. The zero-order valence-electron chi connectivity index (χ0n) is 25.8. The SMILES string of the molecule is C=C(F)C(=O)N1CCN(c2nc(OC[C@@]34CCCN3C[C@H](F)C4)nc3c(F)c(-c4ccc(F)c5c4C[C@H]4C[C@@H]54)ccc23)C[C@@H]1CC#N. The molecule has 0 radical (unpaired) electrons. The topological polar surface area (TPSA) is 85.6 Å². The van der Waals surface area contributed by atoms with Gasteiger partial charge in [-0.3, -0.25) is 9.69 Å². The molecular formula is C35H34F4N6O2. The number of amides is 1. The van der Waals surface area contributed by atoms with E-state index in [2.05, 4.69) is 22.5 Å². The maximum atomic E-state index is 16.8. The lowest BCUT2D eigenvalue weighted by atomic mass is 9.93. The predicted molar refractivity (Wildman–Crippen MR) is 166 cm³/mol. The Labute approximate surface area is 269 Å². The van der Waals surface area contributed by atoms with Gasteiger partial charge in [-0.25, -0.2) is 17.6 Å². The van der Waals surface area contributed by atoms with Crippen LogP contribution in [0.5, 0.6) is 6.01 Å². The van der Waals surface area contributed by atoms with Crippen LogP contribution in [0.25, 0.3) is 22.0 Å². The van der Waals surface area contributed by atoms with Crippen LogP contribution in [0.1, 0.15) is 49.1 Å². The number of anilines is 1. The Hall–Kier alpha value is -4.24. The number of nitriles is 1. The van der Waals surface area contributed by atoms with Crippen molar-refractivity contribution in [3.8, 4) is 23.2 Å². The molecule has 3 saturated heterocycles. The van der Waals surface area contributed by atoms with Crippen LogP contribution in [0.15, 0.2) is 36.7 Å². The molecule has 3 aliphatic heterocycles. The van der Waals surface area contributed by atoms with Gasteiger partial charge in [0.15, 0.2) is 11.6 Å². The number of carbonyl (C=O) groups is 1. The number of carbonyl (C=O) groups excluding carboxylic acids is 1. The molecule has 4 heterocycles. The maximum Gasteiger partial charge on any atom is 0.319 e. The first-order valence-electron chi connectivity index (χ1n) is 16.3. The van der Waals surface area contributed by atoms with Gasteiger partial charge in [0.25, 0.3) is 5.91 Å². The number of aromatic nitrogens is 2. The molecule has 12 heteroatoms. The van der Waals surface area contributed by atoms with Crippen molar-refractivity contribution < 1.29 is 27.1 Å². The lowest BCUT2D eigenvalue weighted by Gasteiger charge is -2.41. The molecule has 244 valence electrons. The largest absolute Gasteiger partial charge is 0.461 e. The number of alkyl halides is 1. The Kier molecular flexibility index (Phi) is 7.17. The molecule has 0 unspecified atom stereocenters. The Balaban J connectivity index is 1.20. The number of rotatable bonds is 7. The molecule has 8 rings (SSSR count). The van der Waals surface area contributed by atoms with E-state index in [-0.39, 0.29) is 55.9 Å². The molecule has 1 aromatic heterocycles. The Bertz CT molecular complexity index is 1860. The summed E-state index contributed by atoms with van der Waals surface area (Å²) in [4.78, 5) is 27.1. The molecule has 1 saturated carbocycles. The van der Waals surface area contributed by atoms with Crippen molar-refractivity contribution in [2.75, 3.05) is 44.2 Å². The van der Waals surface area contributed by atoms with Crippen LogP contribution in [0.4, 0.5) is 23.4 Å². The first-order chi connectivity index (χ1) is 22.7. The van der Waals surface area contributed by atoms with E-state index in [1.54, 1.807) is 18.2 Å². The standard InChI is InChI=1S/C35H34F4N6O2/c1-19(36)33(46)45-12-11-43(17-22(45)7-9-40)32-25-4-3-24(23-5-6-28(38)29-26-13-20(26)14-27(23)29)30(39)31(25)41-34(42-32)47-18-35-8-2-10-44(35)16-21(37)15-35/h3-6,20-22,26H,1-2,7-8,10-18H2/t20-,21-,22+,26-,35+/m1/s1. The maximum absolute atomic E-state index is 16.8. The third-order valence-electron chi connectivity index (χ3n) is 11.0. The van der Waals surface area contributed by atoms with Crippen LogP contribution in [-0.2, 0) is 11.2 Å². The summed E-state index contributed by atoms with van der Waals surface area (Å²) in [5.74, 6) is -1.88. The highest BCUT2D eigenvalue weighted by molar-refractivity contribution is 5.94. The Morgan fingerprint density at radius 1 is 1.13 bits per heavy atom. The average Bonchev–Trinajstić information content (AvgIpc) is 3.36. The van der Waals surface area contributed by atoms with Gasteiger partial charge in [-0.05, 0) is 72.9 Å². The summed E-state index contributed by atoms with van der Waals surface area (Å²) >= 11 is 0. The van der Waals surface area contributed by atoms with Crippen LogP contribution in [0, 0.1) is 28.9 Å². The summed E-state index contributed by atoms with van der Waals surface area (Å²) < 4.78 is 66.1. The fraction of sp³-hybridized carbons (Fsp3) is 0.486. The number of fused-ring (bicyclic) bond motifs is 5. The quantitative estimate of drug-likeness (QED) is 0.244. The van der Waals surface area contributed by atoms with E-state index >= 15 is 4.39 Å². The van der Waals surface area contributed by atoms with Crippen molar-refractivity contribution >= 4 is 22.6 Å². The molecule has 47 heavy (non-hydrogen) atoms. The minimum atomic E-state index is -1.11. The highest BCUT2D eigenvalue weighted by Crippen LogP contribution is 2.58. The van der Waals surface area contributed by atoms with Gasteiger partial charge in [0.05, 0.1) is 24.1 Å². The van der Waals surface area contributed by atoms with Crippen LogP contribution in [0.3, 0.4) is 0 Å². The monoisotopic (exact) mass is 646 g/mol. The summed E-state index contributed by atoms with van der Waals surface area (Å²) in [7, 11) is 0. The highest BCUT2D eigenvalue weighted by atomic mass is 19.1. The van der Waals surface area contributed by atoms with E-state index < -0.39 is 35.3 Å². The fourth-order valence-electron chi connectivity index (χ4n) is 8.64. The van der Waals surface area contributed by atoms with Crippen molar-refractivity contribution in [3.05, 3.63) is 59.4 Å². The van der Waals surface area contributed by atoms with Crippen molar-refractivity contribution in [2.45, 2.75) is 62.2 Å². The third-order valence-corrected chi connectivity index (χ3v) is 11.0. The third kappa shape index (κ3) is 4.93. The number of piperazine rings is 1. The summed E-state index contributed by atoms with van der Waals surface area (Å²) in [6, 6.07) is 7.79. The second-order valence-corrected chi connectivity index (χ2v) is 13.7. The van der Waals surface area contributed by atoms with Gasteiger partial charge in [-0.15, -0.1) is 0 Å². The van der Waals surface area contributed by atoms with E-state index in [4.69, 9.17) is 9.72 Å². The van der Waals surface area contributed by atoms with Gasteiger partial charge < -0.3 is 14.5 Å². The predicted octanol–water partition coefficient (Wildman–Crippen LogP) is 5.60. The van der Waals surface area contributed by atoms with E-state index in [0.717, 1.165) is 31.4 Å². The van der Waals surface area contributed by atoms with Crippen molar-refractivity contribution in [3.63, 3.8) is 0 Å². The number of hydrogen-bond acceptors (Lipinski definition) is 7. The number of nitrogens with zero attached hydrogens (tertiary/aromatic N) is 6. The van der Waals surface area contributed by atoms with Crippen molar-refractivity contribution in [1.29, 1.82) is 5.26 Å². The molecule has 8 nitrogen and oxygen atoms in total. The second-order valence-electron chi connectivity index (χ2n) is 13.7. The summed E-state index contributed by atoms with van der Waals surface area (Å²) in [5, 5.41) is 9.90. The molecule has 0 bridgehead atoms. The van der Waals surface area contributed by atoms with Crippen LogP contribution in [-0.4, -0.2) is 82.8 Å². The zero-order valence-corrected chi connectivity index (χ0v) is 25.8. The number of ether oxygens (including phenoxy) is 1. The van der Waals surface area contributed by atoms with Crippen molar-refractivity contribution in [2.24, 2.45) is 5.92 Å². The lowest BCUT2D eigenvalue weighted by molar-refractivity contribution is -0.131. The molecule has 1 amide bonds. The fourth-order valence-corrected chi connectivity index (χ4v) is 8.64. The van der Waals surface area contributed by atoms with Crippen molar-refractivity contribution in [1.82, 2.24) is 19.8 Å². The van der Waals surface area contributed by atoms with E-state index in [9.17, 15) is 23.2 Å². The van der Waals surface area contributed by atoms with Gasteiger partial charge in [0.2, 0.25) is 0 Å². The highest BCUT2D eigenvalue weighted by Gasteiger charge is 2.50. The van der Waals surface area contributed by atoms with Gasteiger partial charge in [0, 0.05) is 43.5 Å². The molecule has 0 N–H and O–H groups in total. The van der Waals surface area contributed by atoms with E-state index in [1.165, 1.54) is 11.0 Å². The van der Waals surface area contributed by atoms with E-state index in [1.807, 2.05) is 4.90 Å². The van der Waals surface area contributed by atoms with Crippen LogP contribution < -0.4 is 9.64 Å². The number of benzene rings is 2. The van der Waals surface area contributed by atoms with Gasteiger partial charge in [0.1, 0.15) is 29.9 Å². The molecule has 3 aromatic rings. The summed E-state index contributed by atoms with van der Waals surface area (Å²) in [6.45, 7) is 4.86. The normalized spacial score (nSPS) is 27.8. The minimum Gasteiger partial charge on any atom is -0.461 e. The molecular weight excluding hydrogens is 612 g/mol. The van der Waals surface area contributed by atoms with Gasteiger partial charge in [-0.1, -0.05) is 18.7 Å². The molecule has 2 aromatic carbocycles. The van der Waals surface area contributed by atoms with Gasteiger partial charge in [-0.2, -0.15) is 15.2 Å². The average molecular weight is 647 g/mol. The second kappa shape index (κ2) is 11.2. The first-order valence-corrected chi connectivity index (χ1v) is 16.3. The smallest absolute Gasteiger partial charge is 0.319 e. The molecule has 0 spiro atoms. The Morgan fingerprint density at radius 2 is 1.96 bits per heavy atom. The summed E-state index contributed by atoms with van der Waals surface area (Å²) in [5.41, 5.74) is 2.02. The lowest BCUT2D eigenvalue weighted by Crippen LogP contribution is -2.55. The molecule has 4 fully saturated rings. The van der Waals surface area contributed by atoms with E-state index in [0.29, 0.717) is 53.2 Å². The first kappa shape index (κ1) is 30.1. The van der Waals surface area contributed by atoms with Gasteiger partial charge >= 0.3 is 6.01 Å². The Morgan fingerprint density at radius 3 is 2.77 bits per heavy atom. The minimum absolute atomic E-state index is 0.0202. The number of hydrogen-bond donors (Lipinski definition) is 0. The molecule has 5 aliphatic rings. The molecule has 2 aliphatic carbocycles. The van der Waals surface area contributed by atoms with Crippen LogP contribution in [0.2, 0.25) is 0 Å².